The lowest BCUT2D eigenvalue weighted by Crippen LogP contribution is -2.62. The van der Waals surface area contributed by atoms with Crippen molar-refractivity contribution in [3.63, 3.8) is 0 Å². The number of amides is 2. The van der Waals surface area contributed by atoms with Gasteiger partial charge >= 0.3 is 0 Å². The van der Waals surface area contributed by atoms with Crippen LogP contribution in [0.2, 0.25) is 10.0 Å². The number of aliphatic hydroxyl groups is 1. The van der Waals surface area contributed by atoms with E-state index < -0.39 is 23.2 Å². The Labute approximate surface area is 232 Å². The fourth-order valence-electron chi connectivity index (χ4n) is 4.13. The molecule has 0 saturated carbocycles. The number of rotatable bonds is 8. The average Bonchev–Trinajstić information content (AvgIpc) is 3.32. The summed E-state index contributed by atoms with van der Waals surface area (Å²) in [6, 6.07) is 15.9. The van der Waals surface area contributed by atoms with Gasteiger partial charge < -0.3 is 20.5 Å². The van der Waals surface area contributed by atoms with Gasteiger partial charge in [0.25, 0.3) is 11.8 Å². The summed E-state index contributed by atoms with van der Waals surface area (Å²) in [5, 5.41) is 19.8. The Morgan fingerprint density at radius 2 is 1.82 bits per heavy atom. The first-order chi connectivity index (χ1) is 18.8. The molecule has 3 N–H and O–H groups in total. The maximum atomic E-state index is 13.4. The molecule has 5 rings (SSSR count). The number of hydrogen-bond donors (Lipinski definition) is 3. The summed E-state index contributed by atoms with van der Waals surface area (Å²) in [5.41, 5.74) is 0.812. The van der Waals surface area contributed by atoms with Crippen LogP contribution in [0.15, 0.2) is 66.9 Å². The number of para-hydroxylation sites is 1. The van der Waals surface area contributed by atoms with E-state index in [1.807, 2.05) is 6.07 Å². The van der Waals surface area contributed by atoms with E-state index >= 15 is 0 Å². The van der Waals surface area contributed by atoms with Gasteiger partial charge in [0, 0.05) is 18.2 Å². The molecule has 4 aromatic rings. The van der Waals surface area contributed by atoms with Gasteiger partial charge in [-0.1, -0.05) is 41.4 Å². The quantitative estimate of drug-likeness (QED) is 0.287. The van der Waals surface area contributed by atoms with Crippen molar-refractivity contribution in [3.8, 4) is 16.9 Å². The molecule has 1 aliphatic rings. The lowest BCUT2D eigenvalue weighted by molar-refractivity contribution is -0.0785. The maximum Gasteiger partial charge on any atom is 0.272 e. The molecule has 1 saturated heterocycles. The molecule has 0 unspecified atom stereocenters. The van der Waals surface area contributed by atoms with Gasteiger partial charge in [0.2, 0.25) is 0 Å². The average molecular weight is 570 g/mol. The molecule has 12 heteroatoms. The number of aliphatic hydroxyl groups excluding tert-OH is 1. The summed E-state index contributed by atoms with van der Waals surface area (Å²) < 4.78 is 20.0. The molecule has 9 nitrogen and oxygen atoms in total. The number of benzene rings is 2. The van der Waals surface area contributed by atoms with Crippen molar-refractivity contribution in [2.24, 2.45) is 0 Å². The Balaban J connectivity index is 1.47. The minimum atomic E-state index is -0.673. The van der Waals surface area contributed by atoms with Gasteiger partial charge in [-0.25, -0.2) is 9.07 Å². The van der Waals surface area contributed by atoms with Crippen molar-refractivity contribution in [1.29, 1.82) is 0 Å². The van der Waals surface area contributed by atoms with Gasteiger partial charge in [-0.3, -0.25) is 14.6 Å². The third kappa shape index (κ3) is 5.64. The highest BCUT2D eigenvalue weighted by molar-refractivity contribution is 6.38. The zero-order valence-corrected chi connectivity index (χ0v) is 21.8. The van der Waals surface area contributed by atoms with Crippen LogP contribution < -0.4 is 10.6 Å². The van der Waals surface area contributed by atoms with E-state index in [-0.39, 0.29) is 46.9 Å². The Morgan fingerprint density at radius 1 is 1.05 bits per heavy atom. The topological polar surface area (TPSA) is 118 Å². The number of carbonyl (C=O) groups is 2. The molecular formula is C27H22Cl2FN5O4. The molecule has 2 amide bonds. The number of aromatic nitrogens is 3. The summed E-state index contributed by atoms with van der Waals surface area (Å²) in [5.74, 6) is -1.37. The Bertz CT molecular complexity index is 1530. The van der Waals surface area contributed by atoms with E-state index in [2.05, 4.69) is 20.7 Å². The van der Waals surface area contributed by atoms with Crippen LogP contribution in [0.5, 0.6) is 0 Å². The van der Waals surface area contributed by atoms with Gasteiger partial charge in [-0.2, -0.15) is 5.10 Å². The molecule has 39 heavy (non-hydrogen) atoms. The van der Waals surface area contributed by atoms with Crippen molar-refractivity contribution >= 4 is 40.8 Å². The highest BCUT2D eigenvalue weighted by Crippen LogP contribution is 2.33. The highest BCUT2D eigenvalue weighted by Gasteiger charge is 2.40. The first kappa shape index (κ1) is 26.8. The maximum absolute atomic E-state index is 13.4. The van der Waals surface area contributed by atoms with Gasteiger partial charge in [-0.15, -0.1) is 0 Å². The molecule has 0 aliphatic carbocycles. The normalized spacial score (nSPS) is 13.9. The van der Waals surface area contributed by atoms with E-state index in [1.165, 1.54) is 35.0 Å². The fourth-order valence-corrected chi connectivity index (χ4v) is 4.70. The molecule has 1 aliphatic heterocycles. The summed E-state index contributed by atoms with van der Waals surface area (Å²) in [6.07, 6.45) is 1.38. The van der Waals surface area contributed by atoms with E-state index in [0.29, 0.717) is 23.4 Å². The summed E-state index contributed by atoms with van der Waals surface area (Å²) >= 11 is 12.7. The zero-order chi connectivity index (χ0) is 27.6. The van der Waals surface area contributed by atoms with Crippen LogP contribution in [0.3, 0.4) is 0 Å². The van der Waals surface area contributed by atoms with E-state index in [4.69, 9.17) is 27.9 Å². The first-order valence-electron chi connectivity index (χ1n) is 11.9. The summed E-state index contributed by atoms with van der Waals surface area (Å²) in [6.45, 7) is 0.450. The number of nitrogens with zero attached hydrogens (tertiary/aromatic N) is 3. The molecule has 0 spiro atoms. The minimum absolute atomic E-state index is 0.0526. The van der Waals surface area contributed by atoms with Crippen LogP contribution in [0, 0.1) is 5.82 Å². The standard InChI is InChI=1S/C27H22Cl2FN5O4/c28-20-11-21(29)19(10-18(20)22-7-6-16(30)13-31-22)25(37)32-24-12-23(34-35(24)17-4-2-1-3-5-17)26(38)33-27(8-9-36)14-39-15-27/h1-7,10-13,36H,8-9,14-15H2,(H,32,37)(H,33,38). The van der Waals surface area contributed by atoms with Crippen LogP contribution >= 0.6 is 23.2 Å². The van der Waals surface area contributed by atoms with Gasteiger partial charge in [-0.05, 0) is 42.8 Å². The molecule has 1 fully saturated rings. The predicted molar refractivity (Wildman–Crippen MR) is 144 cm³/mol. The van der Waals surface area contributed by atoms with Crippen molar-refractivity contribution < 1.29 is 23.8 Å². The lowest BCUT2D eigenvalue weighted by atomic mass is 9.93. The van der Waals surface area contributed by atoms with Crippen molar-refractivity contribution in [1.82, 2.24) is 20.1 Å². The van der Waals surface area contributed by atoms with Crippen LogP contribution in [0.1, 0.15) is 27.3 Å². The van der Waals surface area contributed by atoms with Crippen LogP contribution in [0.4, 0.5) is 10.2 Å². The van der Waals surface area contributed by atoms with Gasteiger partial charge in [0.1, 0.15) is 11.6 Å². The van der Waals surface area contributed by atoms with Crippen LogP contribution in [-0.4, -0.2) is 57.0 Å². The third-order valence-corrected chi connectivity index (χ3v) is 6.84. The molecule has 0 atom stereocenters. The minimum Gasteiger partial charge on any atom is -0.396 e. The van der Waals surface area contributed by atoms with Crippen molar-refractivity contribution in [2.75, 3.05) is 25.1 Å². The SMILES string of the molecule is O=C(NC1(CCO)COC1)c1cc(NC(=O)c2cc(-c3ccc(F)cn3)c(Cl)cc2Cl)n(-c2ccccc2)n1. The molecule has 0 bridgehead atoms. The van der Waals surface area contributed by atoms with Crippen molar-refractivity contribution in [2.45, 2.75) is 12.0 Å². The number of nitrogens with one attached hydrogen (secondary N) is 2. The number of pyridine rings is 1. The molecule has 0 radical (unpaired) electrons. The Kier molecular flexibility index (Phi) is 7.62. The molecular weight excluding hydrogens is 548 g/mol. The number of carbonyl (C=O) groups excluding carboxylic acids is 2. The van der Waals surface area contributed by atoms with E-state index in [0.717, 1.165) is 6.20 Å². The Hall–Kier alpha value is -3.83. The molecule has 2 aromatic carbocycles. The van der Waals surface area contributed by atoms with Crippen molar-refractivity contribution in [3.05, 3.63) is 94.0 Å². The molecule has 3 heterocycles. The van der Waals surface area contributed by atoms with Gasteiger partial charge in [0.15, 0.2) is 5.69 Å². The van der Waals surface area contributed by atoms with Crippen LogP contribution in [-0.2, 0) is 4.74 Å². The number of halogens is 3. The van der Waals surface area contributed by atoms with E-state index in [1.54, 1.807) is 24.3 Å². The zero-order valence-electron chi connectivity index (χ0n) is 20.3. The third-order valence-electron chi connectivity index (χ3n) is 6.21. The Morgan fingerprint density at radius 3 is 2.46 bits per heavy atom. The largest absolute Gasteiger partial charge is 0.396 e. The second kappa shape index (κ2) is 11.1. The number of ether oxygens (including phenoxy) is 1. The van der Waals surface area contributed by atoms with Crippen LogP contribution in [0.25, 0.3) is 16.9 Å². The molecule has 200 valence electrons. The lowest BCUT2D eigenvalue weighted by Gasteiger charge is -2.41. The fraction of sp³-hybridized carbons (Fsp3) is 0.185. The second-order valence-corrected chi connectivity index (χ2v) is 9.81. The van der Waals surface area contributed by atoms with Gasteiger partial charge in [0.05, 0.1) is 51.9 Å². The van der Waals surface area contributed by atoms with E-state index in [9.17, 15) is 19.1 Å². The smallest absolute Gasteiger partial charge is 0.272 e. The summed E-state index contributed by atoms with van der Waals surface area (Å²) in [7, 11) is 0. The number of hydrogen-bond acceptors (Lipinski definition) is 6. The highest BCUT2D eigenvalue weighted by atomic mass is 35.5. The molecule has 2 aromatic heterocycles. The summed E-state index contributed by atoms with van der Waals surface area (Å²) in [4.78, 5) is 30.5. The second-order valence-electron chi connectivity index (χ2n) is 8.99. The predicted octanol–water partition coefficient (Wildman–Crippen LogP) is 4.51. The first-order valence-corrected chi connectivity index (χ1v) is 12.6. The monoisotopic (exact) mass is 569 g/mol. The number of anilines is 1.